The molecular weight excluding hydrogens is 348 g/mol. The second-order valence-corrected chi connectivity index (χ2v) is 4.59. The van der Waals surface area contributed by atoms with Crippen LogP contribution in [0.25, 0.3) is 11.1 Å². The Hall–Kier alpha value is -4.01. The van der Waals surface area contributed by atoms with Gasteiger partial charge in [0.2, 0.25) is 0 Å². The first-order valence-corrected chi connectivity index (χ1v) is 6.96. The molecule has 0 aliphatic heterocycles. The quantitative estimate of drug-likeness (QED) is 0.378. The van der Waals surface area contributed by atoms with Gasteiger partial charge >= 0.3 is 30.0 Å². The van der Waals surface area contributed by atoms with Crippen LogP contribution in [0.15, 0.2) is 54.6 Å². The number of carbonyl (C=O) groups is 5. The summed E-state index contributed by atoms with van der Waals surface area (Å²) in [4.78, 5) is 55.4. The van der Waals surface area contributed by atoms with Crippen LogP contribution in [0.4, 0.5) is 9.59 Å². The lowest BCUT2D eigenvalue weighted by atomic mass is 10.1. The zero-order chi connectivity index (χ0) is 19.1. The standard InChI is InChI=1S/C17H10O9/c18-13(14(19)25-16(21)22)15(20)26-17(23)24-12-9-5-4-8-11(12)10-6-2-1-3-7-10/h1-9H,(H,21,22). The molecule has 0 radical (unpaired) electrons. The van der Waals surface area contributed by atoms with E-state index in [2.05, 4.69) is 9.47 Å². The minimum atomic E-state index is -2.09. The van der Waals surface area contributed by atoms with E-state index in [9.17, 15) is 24.0 Å². The van der Waals surface area contributed by atoms with E-state index in [0.717, 1.165) is 0 Å². The highest BCUT2D eigenvalue weighted by molar-refractivity contribution is 6.61. The summed E-state index contributed by atoms with van der Waals surface area (Å²) in [6, 6.07) is 15.2. The van der Waals surface area contributed by atoms with Gasteiger partial charge in [-0.3, -0.25) is 4.79 Å². The maximum Gasteiger partial charge on any atom is 0.522 e. The highest BCUT2D eigenvalue weighted by Gasteiger charge is 2.31. The van der Waals surface area contributed by atoms with Crippen LogP contribution < -0.4 is 4.74 Å². The molecule has 26 heavy (non-hydrogen) atoms. The molecule has 132 valence electrons. The lowest BCUT2D eigenvalue weighted by molar-refractivity contribution is -0.160. The second kappa shape index (κ2) is 8.20. The number of Topliss-reactive ketones (excluding diaryl/α,β-unsaturated/α-hetero) is 1. The molecule has 0 spiro atoms. The van der Waals surface area contributed by atoms with Gasteiger partial charge in [0.15, 0.2) is 0 Å². The molecule has 2 rings (SSSR count). The average Bonchev–Trinajstić information content (AvgIpc) is 2.61. The topological polar surface area (TPSA) is 133 Å². The molecule has 0 unspecified atom stereocenters. The first-order valence-electron chi connectivity index (χ1n) is 6.96. The summed E-state index contributed by atoms with van der Waals surface area (Å²) in [6.45, 7) is 0. The van der Waals surface area contributed by atoms with Gasteiger partial charge in [-0.05, 0) is 11.6 Å². The molecular formula is C17H10O9. The fourth-order valence-corrected chi connectivity index (χ4v) is 1.85. The van der Waals surface area contributed by atoms with Crippen molar-refractivity contribution in [2.45, 2.75) is 0 Å². The van der Waals surface area contributed by atoms with Crippen LogP contribution in [0.1, 0.15) is 0 Å². The molecule has 0 fully saturated rings. The predicted octanol–water partition coefficient (Wildman–Crippen LogP) is 2.19. The fraction of sp³-hybridized carbons (Fsp3) is 0. The molecule has 9 nitrogen and oxygen atoms in total. The Morgan fingerprint density at radius 2 is 1.31 bits per heavy atom. The molecule has 0 aromatic heterocycles. The summed E-state index contributed by atoms with van der Waals surface area (Å²) < 4.78 is 12.4. The lowest BCUT2D eigenvalue weighted by Crippen LogP contribution is -2.31. The zero-order valence-electron chi connectivity index (χ0n) is 12.9. The summed E-state index contributed by atoms with van der Waals surface area (Å²) in [5.41, 5.74) is 1.22. The molecule has 0 saturated carbocycles. The molecule has 0 saturated heterocycles. The number of hydrogen-bond donors (Lipinski definition) is 1. The molecule has 2 aromatic carbocycles. The van der Waals surface area contributed by atoms with E-state index in [-0.39, 0.29) is 5.75 Å². The van der Waals surface area contributed by atoms with E-state index in [1.165, 1.54) is 6.07 Å². The number of carbonyl (C=O) groups excluding carboxylic acids is 4. The molecule has 1 N–H and O–H groups in total. The highest BCUT2D eigenvalue weighted by atomic mass is 16.7. The van der Waals surface area contributed by atoms with Crippen molar-refractivity contribution in [3.63, 3.8) is 0 Å². The van der Waals surface area contributed by atoms with Crippen molar-refractivity contribution in [2.24, 2.45) is 0 Å². The number of benzene rings is 2. The predicted molar refractivity (Wildman–Crippen MR) is 83.1 cm³/mol. The molecule has 0 atom stereocenters. The minimum absolute atomic E-state index is 0.0389. The van der Waals surface area contributed by atoms with Gasteiger partial charge in [0.25, 0.3) is 0 Å². The molecule has 2 aromatic rings. The summed E-state index contributed by atoms with van der Waals surface area (Å²) in [5, 5.41) is 8.19. The molecule has 0 amide bonds. The first kappa shape index (κ1) is 18.3. The van der Waals surface area contributed by atoms with Crippen LogP contribution in [0.5, 0.6) is 5.75 Å². The summed E-state index contributed by atoms with van der Waals surface area (Å²) in [6.07, 6.45) is -3.66. The maximum absolute atomic E-state index is 11.7. The van der Waals surface area contributed by atoms with Gasteiger partial charge in [-0.1, -0.05) is 48.5 Å². The average molecular weight is 358 g/mol. The third kappa shape index (κ3) is 4.74. The van der Waals surface area contributed by atoms with Gasteiger partial charge < -0.3 is 19.3 Å². The number of para-hydroxylation sites is 1. The Bertz CT molecular complexity index is 871. The highest BCUT2D eigenvalue weighted by Crippen LogP contribution is 2.29. The number of ketones is 1. The van der Waals surface area contributed by atoms with Gasteiger partial charge in [0.1, 0.15) is 5.75 Å². The smallest absolute Gasteiger partial charge is 0.449 e. The van der Waals surface area contributed by atoms with E-state index in [4.69, 9.17) is 9.84 Å². The van der Waals surface area contributed by atoms with Crippen LogP contribution in [0.3, 0.4) is 0 Å². The summed E-state index contributed by atoms with van der Waals surface area (Å²) in [7, 11) is 0. The van der Waals surface area contributed by atoms with Crippen LogP contribution in [0.2, 0.25) is 0 Å². The van der Waals surface area contributed by atoms with E-state index < -0.39 is 30.0 Å². The van der Waals surface area contributed by atoms with Crippen molar-refractivity contribution in [1.29, 1.82) is 0 Å². The first-order chi connectivity index (χ1) is 12.4. The maximum atomic E-state index is 11.7. The van der Waals surface area contributed by atoms with Gasteiger partial charge in [0, 0.05) is 5.56 Å². The third-order valence-corrected chi connectivity index (χ3v) is 2.89. The van der Waals surface area contributed by atoms with Crippen LogP contribution in [-0.4, -0.2) is 35.1 Å². The SMILES string of the molecule is O=C(O)OC(=O)C(=O)C(=O)OC(=O)Oc1ccccc1-c1ccccc1. The number of rotatable bonds is 4. The molecule has 0 bridgehead atoms. The van der Waals surface area contributed by atoms with Crippen LogP contribution in [-0.2, 0) is 23.9 Å². The van der Waals surface area contributed by atoms with E-state index in [1.54, 1.807) is 48.5 Å². The summed E-state index contributed by atoms with van der Waals surface area (Å²) >= 11 is 0. The Labute approximate surface area is 145 Å². The normalized spacial score (nSPS) is 9.69. The second-order valence-electron chi connectivity index (χ2n) is 4.59. The molecule has 9 heteroatoms. The molecule has 0 aliphatic rings. The largest absolute Gasteiger partial charge is 0.522 e. The Morgan fingerprint density at radius 3 is 1.96 bits per heavy atom. The van der Waals surface area contributed by atoms with Gasteiger partial charge in [-0.15, -0.1) is 0 Å². The van der Waals surface area contributed by atoms with Gasteiger partial charge in [-0.25, -0.2) is 19.2 Å². The fourth-order valence-electron chi connectivity index (χ4n) is 1.85. The van der Waals surface area contributed by atoms with Crippen molar-refractivity contribution in [3.05, 3.63) is 54.6 Å². The Balaban J connectivity index is 2.07. The van der Waals surface area contributed by atoms with Crippen molar-refractivity contribution >= 4 is 30.0 Å². The Kier molecular flexibility index (Phi) is 5.78. The van der Waals surface area contributed by atoms with Crippen molar-refractivity contribution in [1.82, 2.24) is 0 Å². The third-order valence-electron chi connectivity index (χ3n) is 2.89. The number of carboxylic acid groups (broad SMARTS) is 1. The van der Waals surface area contributed by atoms with E-state index in [0.29, 0.717) is 11.1 Å². The van der Waals surface area contributed by atoms with Gasteiger partial charge in [0.05, 0.1) is 0 Å². The molecule has 0 heterocycles. The number of hydrogen-bond acceptors (Lipinski definition) is 8. The van der Waals surface area contributed by atoms with Crippen LogP contribution >= 0.6 is 0 Å². The zero-order valence-corrected chi connectivity index (χ0v) is 12.9. The summed E-state index contributed by atoms with van der Waals surface area (Å²) in [5.74, 6) is -5.86. The number of ether oxygens (including phenoxy) is 3. The Morgan fingerprint density at radius 1 is 0.731 bits per heavy atom. The van der Waals surface area contributed by atoms with Crippen molar-refractivity contribution < 1.29 is 43.3 Å². The van der Waals surface area contributed by atoms with Gasteiger partial charge in [-0.2, -0.15) is 0 Å². The monoisotopic (exact) mass is 358 g/mol. The van der Waals surface area contributed by atoms with Crippen molar-refractivity contribution in [2.75, 3.05) is 0 Å². The lowest BCUT2D eigenvalue weighted by Gasteiger charge is -2.09. The number of esters is 2. The van der Waals surface area contributed by atoms with E-state index >= 15 is 0 Å². The minimum Gasteiger partial charge on any atom is -0.449 e. The van der Waals surface area contributed by atoms with E-state index in [1.807, 2.05) is 0 Å². The van der Waals surface area contributed by atoms with Crippen molar-refractivity contribution in [3.8, 4) is 16.9 Å². The van der Waals surface area contributed by atoms with Crippen LogP contribution in [0, 0.1) is 0 Å². The molecule has 0 aliphatic carbocycles.